The number of rotatable bonds is 8. The molecule has 1 atom stereocenters. The van der Waals surface area contributed by atoms with Crippen LogP contribution in [0.25, 0.3) is 0 Å². The summed E-state index contributed by atoms with van der Waals surface area (Å²) in [6.07, 6.45) is 3.79. The molecule has 0 radical (unpaired) electrons. The Balaban J connectivity index is 3.11. The molecule has 0 aliphatic heterocycles. The van der Waals surface area contributed by atoms with Crippen LogP contribution in [0.1, 0.15) is 19.3 Å². The van der Waals surface area contributed by atoms with Gasteiger partial charge in [0.15, 0.2) is 6.45 Å². The number of hydrogen-bond donors (Lipinski definition) is 2. The van der Waals surface area contributed by atoms with Crippen molar-refractivity contribution in [2.75, 3.05) is 5.75 Å². The van der Waals surface area contributed by atoms with Gasteiger partial charge in [-0.1, -0.05) is 13.2 Å². The number of carbonyl (C=O) groups is 1. The standard InChI is InChI=1S/C7H17B2NO2S/c1-8-9-13-5-3-2-4-6(10)7(11)12/h6,8-9H,2-5,10H2,1H3,(H,11,12). The minimum atomic E-state index is -0.888. The highest BCUT2D eigenvalue weighted by atomic mass is 32.2. The number of carboxylic acid groups (broad SMARTS) is 1. The molecule has 6 heteroatoms. The molecule has 0 fully saturated rings. The first kappa shape index (κ1) is 12.9. The van der Waals surface area contributed by atoms with E-state index in [1.54, 1.807) is 0 Å². The number of aliphatic carboxylic acids is 1. The minimum Gasteiger partial charge on any atom is -0.480 e. The third-order valence-corrected chi connectivity index (χ3v) is 2.99. The lowest BCUT2D eigenvalue weighted by molar-refractivity contribution is -0.138. The molecule has 0 spiro atoms. The van der Waals surface area contributed by atoms with Crippen molar-refractivity contribution in [3.8, 4) is 0 Å². The van der Waals surface area contributed by atoms with Crippen LogP contribution in [0.2, 0.25) is 6.82 Å². The Morgan fingerprint density at radius 1 is 1.62 bits per heavy atom. The molecule has 0 aromatic heterocycles. The average Bonchev–Trinajstić information content (AvgIpc) is 2.10. The van der Waals surface area contributed by atoms with Crippen LogP contribution in [0, 0.1) is 0 Å². The second kappa shape index (κ2) is 8.51. The number of hydrogen-bond acceptors (Lipinski definition) is 3. The molecule has 0 aliphatic rings. The highest BCUT2D eigenvalue weighted by molar-refractivity contribution is 8.26. The first-order chi connectivity index (χ1) is 6.18. The number of nitrogens with two attached hydrogens (primary N) is 1. The zero-order valence-corrected chi connectivity index (χ0v) is 8.98. The zero-order chi connectivity index (χ0) is 10.1. The summed E-state index contributed by atoms with van der Waals surface area (Å²) in [5.41, 5.74) is 5.35. The Kier molecular flexibility index (Phi) is 8.45. The van der Waals surface area contributed by atoms with E-state index in [0.29, 0.717) is 6.42 Å². The molecular formula is C7H17B2NO2S. The second-order valence-electron chi connectivity index (χ2n) is 3.05. The van der Waals surface area contributed by atoms with Gasteiger partial charge in [0.2, 0.25) is 0 Å². The van der Waals surface area contributed by atoms with Crippen LogP contribution in [0.3, 0.4) is 0 Å². The molecule has 0 rings (SSSR count). The van der Waals surface area contributed by atoms with Crippen molar-refractivity contribution in [2.24, 2.45) is 5.73 Å². The minimum absolute atomic E-state index is 0.599. The van der Waals surface area contributed by atoms with Gasteiger partial charge in [0.05, 0.1) is 7.17 Å². The molecule has 0 saturated carbocycles. The van der Waals surface area contributed by atoms with Crippen LogP contribution in [0.4, 0.5) is 0 Å². The van der Waals surface area contributed by atoms with E-state index in [-0.39, 0.29) is 0 Å². The van der Waals surface area contributed by atoms with Gasteiger partial charge in [0.25, 0.3) is 0 Å². The molecule has 0 aliphatic carbocycles. The fraction of sp³-hybridized carbons (Fsp3) is 0.857. The first-order valence-electron chi connectivity index (χ1n) is 4.74. The van der Waals surface area contributed by atoms with Crippen molar-refractivity contribution in [1.82, 2.24) is 0 Å². The van der Waals surface area contributed by atoms with Gasteiger partial charge in [-0.05, 0) is 18.6 Å². The van der Waals surface area contributed by atoms with Crippen molar-refractivity contribution in [3.05, 3.63) is 0 Å². The van der Waals surface area contributed by atoms with Crippen molar-refractivity contribution in [2.45, 2.75) is 32.1 Å². The lowest BCUT2D eigenvalue weighted by Crippen LogP contribution is -2.29. The second-order valence-corrected chi connectivity index (χ2v) is 4.28. The number of unbranched alkanes of at least 4 members (excludes halogenated alkanes) is 1. The Morgan fingerprint density at radius 3 is 2.85 bits per heavy atom. The third kappa shape index (κ3) is 8.25. The van der Waals surface area contributed by atoms with E-state index in [1.165, 1.54) is 13.6 Å². The summed E-state index contributed by atoms with van der Waals surface area (Å²) in [5, 5.41) is 8.49. The van der Waals surface area contributed by atoms with Crippen LogP contribution >= 0.6 is 11.6 Å². The maximum Gasteiger partial charge on any atom is 0.320 e. The molecule has 0 aromatic rings. The highest BCUT2D eigenvalue weighted by Crippen LogP contribution is 2.05. The van der Waals surface area contributed by atoms with Crippen LogP contribution in [-0.2, 0) is 4.79 Å². The first-order valence-corrected chi connectivity index (χ1v) is 5.90. The Bertz CT molecular complexity index is 148. The van der Waals surface area contributed by atoms with Crippen molar-refractivity contribution in [1.29, 1.82) is 0 Å². The van der Waals surface area contributed by atoms with Gasteiger partial charge in [0, 0.05) is 0 Å². The van der Waals surface area contributed by atoms with Gasteiger partial charge in [-0.25, -0.2) is 11.6 Å². The Morgan fingerprint density at radius 2 is 2.31 bits per heavy atom. The Hall–Kier alpha value is -0.0901. The van der Waals surface area contributed by atoms with Crippen molar-refractivity contribution < 1.29 is 9.90 Å². The van der Waals surface area contributed by atoms with E-state index in [2.05, 4.69) is 6.82 Å². The van der Waals surface area contributed by atoms with Gasteiger partial charge in [-0.2, -0.15) is 0 Å². The molecule has 1 unspecified atom stereocenters. The largest absolute Gasteiger partial charge is 0.480 e. The van der Waals surface area contributed by atoms with Gasteiger partial charge < -0.3 is 10.8 Å². The smallest absolute Gasteiger partial charge is 0.320 e. The highest BCUT2D eigenvalue weighted by Gasteiger charge is 2.09. The monoisotopic (exact) mass is 201 g/mol. The van der Waals surface area contributed by atoms with Gasteiger partial charge in [-0.15, -0.1) is 0 Å². The lowest BCUT2D eigenvalue weighted by atomic mass is 9.57. The van der Waals surface area contributed by atoms with Gasteiger partial charge in [-0.3, -0.25) is 4.79 Å². The average molecular weight is 201 g/mol. The van der Waals surface area contributed by atoms with Crippen molar-refractivity contribution in [3.63, 3.8) is 0 Å². The summed E-state index contributed by atoms with van der Waals surface area (Å²) in [4.78, 5) is 10.3. The SMILES string of the molecule is CBBSCCCCC(N)C(=O)O. The van der Waals surface area contributed by atoms with E-state index in [4.69, 9.17) is 10.8 Å². The van der Waals surface area contributed by atoms with E-state index < -0.39 is 12.0 Å². The lowest BCUT2D eigenvalue weighted by Gasteiger charge is -2.04. The van der Waals surface area contributed by atoms with E-state index in [1.807, 2.05) is 11.6 Å². The summed E-state index contributed by atoms with van der Waals surface area (Å²) < 4.78 is 0. The Labute approximate surface area is 85.2 Å². The maximum absolute atomic E-state index is 10.3. The topological polar surface area (TPSA) is 63.3 Å². The fourth-order valence-corrected chi connectivity index (χ4v) is 1.84. The van der Waals surface area contributed by atoms with Crippen LogP contribution in [0.5, 0.6) is 0 Å². The summed E-state index contributed by atoms with van der Waals surface area (Å²) in [7, 11) is 1.21. The normalized spacial score (nSPS) is 12.2. The van der Waals surface area contributed by atoms with Crippen LogP contribution in [-0.4, -0.2) is 36.5 Å². The predicted molar refractivity (Wildman–Crippen MR) is 62.1 cm³/mol. The third-order valence-electron chi connectivity index (χ3n) is 1.72. The van der Waals surface area contributed by atoms with E-state index >= 15 is 0 Å². The molecule has 13 heavy (non-hydrogen) atoms. The van der Waals surface area contributed by atoms with E-state index in [0.717, 1.165) is 18.6 Å². The van der Waals surface area contributed by atoms with Crippen LogP contribution in [0.15, 0.2) is 0 Å². The van der Waals surface area contributed by atoms with Crippen LogP contribution < -0.4 is 5.73 Å². The molecule has 0 heterocycles. The summed E-state index contributed by atoms with van der Waals surface area (Å²) in [6.45, 7) is 2.16. The quantitative estimate of drug-likeness (QED) is 0.430. The molecule has 3 nitrogen and oxygen atoms in total. The molecule has 3 N–H and O–H groups in total. The molecule has 0 bridgehead atoms. The summed E-state index contributed by atoms with van der Waals surface area (Å²) in [5.74, 6) is 0.237. The zero-order valence-electron chi connectivity index (χ0n) is 8.16. The van der Waals surface area contributed by atoms with Crippen molar-refractivity contribution >= 4 is 31.2 Å². The molecule has 74 valence electrons. The fourth-order valence-electron chi connectivity index (χ4n) is 0.938. The summed E-state index contributed by atoms with van der Waals surface area (Å²) >= 11 is 1.93. The molecule has 0 amide bonds. The number of carboxylic acids is 1. The predicted octanol–water partition coefficient (Wildman–Crippen LogP) is 0.0529. The van der Waals surface area contributed by atoms with Gasteiger partial charge >= 0.3 is 5.97 Å². The summed E-state index contributed by atoms with van der Waals surface area (Å²) in [6, 6.07) is -0.670. The molecular weight excluding hydrogens is 184 g/mol. The van der Waals surface area contributed by atoms with E-state index in [9.17, 15) is 4.79 Å². The molecule has 0 saturated heterocycles. The maximum atomic E-state index is 10.3. The van der Waals surface area contributed by atoms with Gasteiger partial charge in [0.1, 0.15) is 6.04 Å². The molecule has 0 aromatic carbocycles.